The predicted octanol–water partition coefficient (Wildman–Crippen LogP) is 1.84. The molecule has 104 valence electrons. The Bertz CT molecular complexity index is 351. The molecule has 0 unspecified atom stereocenters. The number of hydrogen-bond donors (Lipinski definition) is 2. The highest BCUT2D eigenvalue weighted by molar-refractivity contribution is 5.85. The Morgan fingerprint density at radius 3 is 2.67 bits per heavy atom. The quantitative estimate of drug-likeness (QED) is 0.797. The molecule has 0 fully saturated rings. The normalized spacial score (nSPS) is 10.2. The summed E-state index contributed by atoms with van der Waals surface area (Å²) in [5, 5.41) is 9.58. The SMILES string of the molecule is CCC(CC)c1cc(CNC(=O)CNC)on1.Cl. The summed E-state index contributed by atoms with van der Waals surface area (Å²) in [6.07, 6.45) is 2.10. The molecule has 1 rings (SSSR count). The molecule has 0 aromatic carbocycles. The van der Waals surface area contributed by atoms with Crippen LogP contribution in [0.25, 0.3) is 0 Å². The van der Waals surface area contributed by atoms with Gasteiger partial charge in [0, 0.05) is 12.0 Å². The molecule has 0 radical (unpaired) electrons. The smallest absolute Gasteiger partial charge is 0.234 e. The van der Waals surface area contributed by atoms with Gasteiger partial charge in [0.1, 0.15) is 0 Å². The highest BCUT2D eigenvalue weighted by Crippen LogP contribution is 2.22. The number of carbonyl (C=O) groups is 1. The maximum Gasteiger partial charge on any atom is 0.234 e. The summed E-state index contributed by atoms with van der Waals surface area (Å²) in [6.45, 7) is 4.98. The van der Waals surface area contributed by atoms with Gasteiger partial charge in [-0.05, 0) is 19.9 Å². The molecule has 0 aliphatic heterocycles. The summed E-state index contributed by atoms with van der Waals surface area (Å²) in [6, 6.07) is 1.93. The van der Waals surface area contributed by atoms with Gasteiger partial charge < -0.3 is 15.2 Å². The fourth-order valence-electron chi connectivity index (χ4n) is 1.72. The van der Waals surface area contributed by atoms with Crippen molar-refractivity contribution in [2.75, 3.05) is 13.6 Å². The zero-order valence-corrected chi connectivity index (χ0v) is 12.0. The topological polar surface area (TPSA) is 67.2 Å². The zero-order chi connectivity index (χ0) is 12.7. The van der Waals surface area contributed by atoms with Gasteiger partial charge in [-0.15, -0.1) is 12.4 Å². The number of aromatic nitrogens is 1. The molecule has 18 heavy (non-hydrogen) atoms. The van der Waals surface area contributed by atoms with E-state index in [-0.39, 0.29) is 18.3 Å². The minimum atomic E-state index is -0.0482. The molecule has 0 atom stereocenters. The predicted molar refractivity (Wildman–Crippen MR) is 72.8 cm³/mol. The molecule has 2 N–H and O–H groups in total. The molecule has 5 nitrogen and oxygen atoms in total. The summed E-state index contributed by atoms with van der Waals surface area (Å²) in [7, 11) is 1.74. The number of halogens is 1. The second-order valence-electron chi connectivity index (χ2n) is 4.04. The average Bonchev–Trinajstić information content (AvgIpc) is 2.77. The van der Waals surface area contributed by atoms with Crippen LogP contribution in [0.5, 0.6) is 0 Å². The highest BCUT2D eigenvalue weighted by Gasteiger charge is 2.13. The lowest BCUT2D eigenvalue weighted by Crippen LogP contribution is -2.31. The standard InChI is InChI=1S/C12H21N3O2.ClH/c1-4-9(5-2)11-6-10(17-15-11)7-14-12(16)8-13-3;/h6,9,13H,4-5,7-8H2,1-3H3,(H,14,16);1H. The fourth-order valence-corrected chi connectivity index (χ4v) is 1.72. The second kappa shape index (κ2) is 8.94. The van der Waals surface area contributed by atoms with E-state index in [1.165, 1.54) is 0 Å². The van der Waals surface area contributed by atoms with E-state index >= 15 is 0 Å². The number of carbonyl (C=O) groups excluding carboxylic acids is 1. The van der Waals surface area contributed by atoms with Crippen molar-refractivity contribution in [3.63, 3.8) is 0 Å². The molecular weight excluding hydrogens is 254 g/mol. The first-order valence-corrected chi connectivity index (χ1v) is 6.08. The first-order valence-electron chi connectivity index (χ1n) is 6.08. The van der Waals surface area contributed by atoms with Crippen molar-refractivity contribution in [1.29, 1.82) is 0 Å². The van der Waals surface area contributed by atoms with Crippen LogP contribution in [0, 0.1) is 0 Å². The van der Waals surface area contributed by atoms with Crippen molar-refractivity contribution >= 4 is 18.3 Å². The molecule has 0 saturated carbocycles. The van der Waals surface area contributed by atoms with Crippen LogP contribution < -0.4 is 10.6 Å². The van der Waals surface area contributed by atoms with E-state index in [4.69, 9.17) is 4.52 Å². The van der Waals surface area contributed by atoms with Gasteiger partial charge >= 0.3 is 0 Å². The van der Waals surface area contributed by atoms with E-state index in [9.17, 15) is 4.79 Å². The minimum Gasteiger partial charge on any atom is -0.359 e. The van der Waals surface area contributed by atoms with E-state index in [0.717, 1.165) is 18.5 Å². The van der Waals surface area contributed by atoms with E-state index in [1.807, 2.05) is 6.07 Å². The summed E-state index contributed by atoms with van der Waals surface area (Å²) in [4.78, 5) is 11.2. The molecule has 0 aliphatic carbocycles. The number of amides is 1. The van der Waals surface area contributed by atoms with E-state index in [2.05, 4.69) is 29.6 Å². The van der Waals surface area contributed by atoms with Crippen LogP contribution >= 0.6 is 12.4 Å². The fraction of sp³-hybridized carbons (Fsp3) is 0.667. The van der Waals surface area contributed by atoms with E-state index < -0.39 is 0 Å². The Hall–Kier alpha value is -1.07. The molecular formula is C12H22ClN3O2. The van der Waals surface area contributed by atoms with Crippen molar-refractivity contribution < 1.29 is 9.32 Å². The molecule has 0 aliphatic rings. The Morgan fingerprint density at radius 1 is 1.44 bits per heavy atom. The minimum absolute atomic E-state index is 0. The van der Waals surface area contributed by atoms with E-state index in [1.54, 1.807) is 7.05 Å². The summed E-state index contributed by atoms with van der Waals surface area (Å²) >= 11 is 0. The first-order chi connectivity index (χ1) is 8.21. The van der Waals surface area contributed by atoms with Crippen LogP contribution in [0.3, 0.4) is 0 Å². The largest absolute Gasteiger partial charge is 0.359 e. The van der Waals surface area contributed by atoms with Crippen LogP contribution in [0.1, 0.15) is 44.1 Å². The average molecular weight is 276 g/mol. The van der Waals surface area contributed by atoms with Crippen LogP contribution in [0.2, 0.25) is 0 Å². The van der Waals surface area contributed by atoms with Crippen molar-refractivity contribution in [2.24, 2.45) is 0 Å². The maximum atomic E-state index is 11.2. The Morgan fingerprint density at radius 2 is 2.11 bits per heavy atom. The van der Waals surface area contributed by atoms with Gasteiger partial charge in [0.15, 0.2) is 5.76 Å². The lowest BCUT2D eigenvalue weighted by molar-refractivity contribution is -0.120. The number of rotatable bonds is 7. The van der Waals surface area contributed by atoms with Gasteiger partial charge in [0.2, 0.25) is 5.91 Å². The number of likely N-dealkylation sites (N-methyl/N-ethyl adjacent to an activating group) is 1. The van der Waals surface area contributed by atoms with Gasteiger partial charge in [-0.3, -0.25) is 4.79 Å². The Labute approximate surface area is 114 Å². The number of hydrogen-bond acceptors (Lipinski definition) is 4. The molecule has 1 aromatic heterocycles. The summed E-state index contributed by atoms with van der Waals surface area (Å²) in [5.41, 5.74) is 0.980. The van der Waals surface area contributed by atoms with Crippen LogP contribution in [-0.4, -0.2) is 24.7 Å². The first kappa shape index (κ1) is 16.9. The maximum absolute atomic E-state index is 11.2. The second-order valence-corrected chi connectivity index (χ2v) is 4.04. The van der Waals surface area contributed by atoms with Gasteiger partial charge in [-0.2, -0.15) is 0 Å². The molecule has 0 bridgehead atoms. The lowest BCUT2D eigenvalue weighted by Gasteiger charge is -2.06. The van der Waals surface area contributed by atoms with Gasteiger partial charge in [0.25, 0.3) is 0 Å². The molecule has 1 aromatic rings. The van der Waals surface area contributed by atoms with Crippen LogP contribution in [0.4, 0.5) is 0 Å². The Kier molecular flexibility index (Phi) is 8.41. The zero-order valence-electron chi connectivity index (χ0n) is 11.2. The van der Waals surface area contributed by atoms with Crippen molar-refractivity contribution in [2.45, 2.75) is 39.2 Å². The molecule has 1 heterocycles. The summed E-state index contributed by atoms with van der Waals surface area (Å²) in [5.74, 6) is 1.10. The van der Waals surface area contributed by atoms with Crippen LogP contribution in [0.15, 0.2) is 10.6 Å². The highest BCUT2D eigenvalue weighted by atomic mass is 35.5. The lowest BCUT2D eigenvalue weighted by atomic mass is 9.99. The summed E-state index contributed by atoms with van der Waals surface area (Å²) < 4.78 is 5.19. The van der Waals surface area contributed by atoms with Gasteiger partial charge in [-0.1, -0.05) is 19.0 Å². The number of nitrogens with zero attached hydrogens (tertiary/aromatic N) is 1. The van der Waals surface area contributed by atoms with Crippen LogP contribution in [-0.2, 0) is 11.3 Å². The van der Waals surface area contributed by atoms with E-state index in [0.29, 0.717) is 24.8 Å². The third kappa shape index (κ3) is 5.06. The monoisotopic (exact) mass is 275 g/mol. The van der Waals surface area contributed by atoms with Crippen molar-refractivity contribution in [3.8, 4) is 0 Å². The molecule has 0 spiro atoms. The third-order valence-electron chi connectivity index (χ3n) is 2.78. The van der Waals surface area contributed by atoms with Gasteiger partial charge in [-0.25, -0.2) is 0 Å². The van der Waals surface area contributed by atoms with Crippen molar-refractivity contribution in [1.82, 2.24) is 15.8 Å². The molecule has 1 amide bonds. The number of nitrogens with one attached hydrogen (secondary N) is 2. The van der Waals surface area contributed by atoms with Gasteiger partial charge in [0.05, 0.1) is 18.8 Å². The van der Waals surface area contributed by atoms with Crippen molar-refractivity contribution in [3.05, 3.63) is 17.5 Å². The molecule has 0 saturated heterocycles. The molecule has 6 heteroatoms. The third-order valence-corrected chi connectivity index (χ3v) is 2.78. The Balaban J connectivity index is 0.00000289.